The standard InChI is InChI=1S/C19H27N3O2/c1-13-5-4-6-17(15(13)3)20-18(23)12-21-7-9-22(10-8-21)19(24)16-11-14(16)2/h4-6,14,16H,7-12H2,1-3H3,(H,20,23)/t14-,16+/m1/s1. The monoisotopic (exact) mass is 329 g/mol. The molecule has 5 nitrogen and oxygen atoms in total. The van der Waals surface area contributed by atoms with Crippen molar-refractivity contribution in [3.63, 3.8) is 0 Å². The molecule has 2 atom stereocenters. The summed E-state index contributed by atoms with van der Waals surface area (Å²) in [4.78, 5) is 28.6. The smallest absolute Gasteiger partial charge is 0.238 e. The summed E-state index contributed by atoms with van der Waals surface area (Å²) in [7, 11) is 0. The van der Waals surface area contributed by atoms with Gasteiger partial charge in [0, 0.05) is 37.8 Å². The molecule has 24 heavy (non-hydrogen) atoms. The van der Waals surface area contributed by atoms with Gasteiger partial charge in [0.15, 0.2) is 0 Å². The Labute approximate surface area is 144 Å². The van der Waals surface area contributed by atoms with Crippen LogP contribution >= 0.6 is 0 Å². The number of carbonyl (C=O) groups is 2. The number of nitrogens with one attached hydrogen (secondary N) is 1. The average molecular weight is 329 g/mol. The maximum absolute atomic E-state index is 12.3. The van der Waals surface area contributed by atoms with Crippen LogP contribution in [0.15, 0.2) is 18.2 Å². The van der Waals surface area contributed by atoms with Crippen LogP contribution in [0.3, 0.4) is 0 Å². The molecule has 1 heterocycles. The first kappa shape index (κ1) is 17.0. The van der Waals surface area contributed by atoms with E-state index < -0.39 is 0 Å². The lowest BCUT2D eigenvalue weighted by molar-refractivity contribution is -0.134. The van der Waals surface area contributed by atoms with Crippen molar-refractivity contribution in [2.75, 3.05) is 38.0 Å². The molecule has 3 rings (SSSR count). The summed E-state index contributed by atoms with van der Waals surface area (Å²) in [6.07, 6.45) is 1.04. The van der Waals surface area contributed by atoms with Gasteiger partial charge in [-0.05, 0) is 43.4 Å². The Bertz CT molecular complexity index is 635. The van der Waals surface area contributed by atoms with E-state index in [1.54, 1.807) is 0 Å². The summed E-state index contributed by atoms with van der Waals surface area (Å²) in [5.74, 6) is 1.13. The number of hydrogen-bond acceptors (Lipinski definition) is 3. The second kappa shape index (κ2) is 6.93. The Morgan fingerprint density at radius 1 is 1.17 bits per heavy atom. The van der Waals surface area contributed by atoms with Gasteiger partial charge >= 0.3 is 0 Å². The lowest BCUT2D eigenvalue weighted by atomic mass is 10.1. The van der Waals surface area contributed by atoms with Crippen LogP contribution in [0, 0.1) is 25.7 Å². The van der Waals surface area contributed by atoms with E-state index in [0.717, 1.165) is 43.9 Å². The van der Waals surface area contributed by atoms with Crippen LogP contribution in [-0.4, -0.2) is 54.3 Å². The van der Waals surface area contributed by atoms with Crippen LogP contribution < -0.4 is 5.32 Å². The largest absolute Gasteiger partial charge is 0.340 e. The molecule has 0 bridgehead atoms. The minimum Gasteiger partial charge on any atom is -0.340 e. The highest BCUT2D eigenvalue weighted by atomic mass is 16.2. The zero-order chi connectivity index (χ0) is 17.3. The molecule has 2 fully saturated rings. The second-order valence-electron chi connectivity index (χ2n) is 7.22. The fraction of sp³-hybridized carbons (Fsp3) is 0.579. The highest BCUT2D eigenvalue weighted by Gasteiger charge is 2.41. The Morgan fingerprint density at radius 2 is 1.83 bits per heavy atom. The molecule has 1 aliphatic heterocycles. The Kier molecular flexibility index (Phi) is 4.90. The highest BCUT2D eigenvalue weighted by molar-refractivity contribution is 5.93. The van der Waals surface area contributed by atoms with E-state index in [0.29, 0.717) is 18.4 Å². The van der Waals surface area contributed by atoms with Crippen molar-refractivity contribution in [3.8, 4) is 0 Å². The van der Waals surface area contributed by atoms with Gasteiger partial charge in [-0.2, -0.15) is 0 Å². The van der Waals surface area contributed by atoms with Crippen LogP contribution in [0.2, 0.25) is 0 Å². The summed E-state index contributed by atoms with van der Waals surface area (Å²) >= 11 is 0. The molecule has 0 unspecified atom stereocenters. The van der Waals surface area contributed by atoms with E-state index in [9.17, 15) is 9.59 Å². The molecule has 2 aliphatic rings. The molecule has 1 saturated heterocycles. The summed E-state index contributed by atoms with van der Waals surface area (Å²) < 4.78 is 0. The number of carbonyl (C=O) groups excluding carboxylic acids is 2. The van der Waals surface area contributed by atoms with Gasteiger partial charge in [0.05, 0.1) is 6.54 Å². The maximum atomic E-state index is 12.3. The van der Waals surface area contributed by atoms with Crippen LogP contribution in [-0.2, 0) is 9.59 Å². The first-order valence-electron chi connectivity index (χ1n) is 8.83. The molecule has 0 spiro atoms. The minimum atomic E-state index is 0.0132. The highest BCUT2D eigenvalue weighted by Crippen LogP contribution is 2.39. The number of rotatable bonds is 4. The van der Waals surface area contributed by atoms with Crippen molar-refractivity contribution in [1.29, 1.82) is 0 Å². The van der Waals surface area contributed by atoms with E-state index in [1.807, 2.05) is 36.9 Å². The van der Waals surface area contributed by atoms with Gasteiger partial charge in [0.2, 0.25) is 11.8 Å². The summed E-state index contributed by atoms with van der Waals surface area (Å²) in [5, 5.41) is 3.01. The molecule has 5 heteroatoms. The van der Waals surface area contributed by atoms with Gasteiger partial charge in [0.1, 0.15) is 0 Å². The topological polar surface area (TPSA) is 52.7 Å². The van der Waals surface area contributed by atoms with Gasteiger partial charge in [-0.3, -0.25) is 14.5 Å². The Morgan fingerprint density at radius 3 is 2.46 bits per heavy atom. The molecular weight excluding hydrogens is 302 g/mol. The third kappa shape index (κ3) is 3.78. The zero-order valence-electron chi connectivity index (χ0n) is 14.8. The molecule has 1 aromatic carbocycles. The van der Waals surface area contributed by atoms with Crippen LogP contribution in [0.1, 0.15) is 24.5 Å². The van der Waals surface area contributed by atoms with E-state index in [4.69, 9.17) is 0 Å². The molecule has 2 amide bonds. The van der Waals surface area contributed by atoms with Crippen molar-refractivity contribution in [1.82, 2.24) is 9.80 Å². The minimum absolute atomic E-state index is 0.0132. The quantitative estimate of drug-likeness (QED) is 0.920. The lowest BCUT2D eigenvalue weighted by Gasteiger charge is -2.34. The first-order chi connectivity index (χ1) is 11.5. The predicted molar refractivity (Wildman–Crippen MR) is 94.8 cm³/mol. The van der Waals surface area contributed by atoms with E-state index >= 15 is 0 Å². The summed E-state index contributed by atoms with van der Waals surface area (Å²) in [5.41, 5.74) is 3.17. The molecule has 130 valence electrons. The summed E-state index contributed by atoms with van der Waals surface area (Å²) in [6.45, 7) is 9.60. The maximum Gasteiger partial charge on any atom is 0.238 e. The average Bonchev–Trinajstić information content (AvgIpc) is 3.29. The van der Waals surface area contributed by atoms with Gasteiger partial charge < -0.3 is 10.2 Å². The van der Waals surface area contributed by atoms with Crippen molar-refractivity contribution in [2.45, 2.75) is 27.2 Å². The Hall–Kier alpha value is -1.88. The number of nitrogens with zero attached hydrogens (tertiary/aromatic N) is 2. The van der Waals surface area contributed by atoms with E-state index in [1.165, 1.54) is 5.56 Å². The number of anilines is 1. The number of piperazine rings is 1. The Balaban J connectivity index is 1.46. The molecule has 1 aromatic rings. The number of aryl methyl sites for hydroxylation is 1. The van der Waals surface area contributed by atoms with Gasteiger partial charge in [-0.1, -0.05) is 19.1 Å². The van der Waals surface area contributed by atoms with Crippen molar-refractivity contribution in [3.05, 3.63) is 29.3 Å². The van der Waals surface area contributed by atoms with E-state index in [2.05, 4.69) is 17.1 Å². The van der Waals surface area contributed by atoms with E-state index in [-0.39, 0.29) is 11.8 Å². The number of amides is 2. The van der Waals surface area contributed by atoms with Crippen molar-refractivity contribution in [2.24, 2.45) is 11.8 Å². The fourth-order valence-electron chi connectivity index (χ4n) is 3.31. The molecule has 1 saturated carbocycles. The van der Waals surface area contributed by atoms with Gasteiger partial charge in [-0.15, -0.1) is 0 Å². The fourth-order valence-corrected chi connectivity index (χ4v) is 3.31. The molecule has 0 aromatic heterocycles. The van der Waals surface area contributed by atoms with Crippen LogP contribution in [0.4, 0.5) is 5.69 Å². The first-order valence-corrected chi connectivity index (χ1v) is 8.83. The molecular formula is C19H27N3O2. The summed E-state index contributed by atoms with van der Waals surface area (Å²) in [6, 6.07) is 5.94. The van der Waals surface area contributed by atoms with Crippen molar-refractivity contribution >= 4 is 17.5 Å². The third-order valence-corrected chi connectivity index (χ3v) is 5.36. The number of benzene rings is 1. The van der Waals surface area contributed by atoms with Crippen LogP contribution in [0.5, 0.6) is 0 Å². The zero-order valence-corrected chi connectivity index (χ0v) is 14.8. The van der Waals surface area contributed by atoms with Gasteiger partial charge in [0.25, 0.3) is 0 Å². The molecule has 1 aliphatic carbocycles. The predicted octanol–water partition coefficient (Wildman–Crippen LogP) is 2.04. The van der Waals surface area contributed by atoms with Gasteiger partial charge in [-0.25, -0.2) is 0 Å². The number of hydrogen-bond donors (Lipinski definition) is 1. The lowest BCUT2D eigenvalue weighted by Crippen LogP contribution is -2.51. The molecule has 1 N–H and O–H groups in total. The normalized spacial score (nSPS) is 23.9. The van der Waals surface area contributed by atoms with Crippen molar-refractivity contribution < 1.29 is 9.59 Å². The SMILES string of the molecule is Cc1cccc(NC(=O)CN2CCN(C(=O)[C@H]3C[C@H]3C)CC2)c1C. The molecule has 0 radical (unpaired) electrons. The second-order valence-corrected chi connectivity index (χ2v) is 7.22. The third-order valence-electron chi connectivity index (χ3n) is 5.36. The van der Waals surface area contributed by atoms with Crippen LogP contribution in [0.25, 0.3) is 0 Å².